The minimum atomic E-state index is -2.42. The Morgan fingerprint density at radius 3 is 2.29 bits per heavy atom. The molecule has 3 heteroatoms. The molecule has 2 aromatic carbocycles. The van der Waals surface area contributed by atoms with Gasteiger partial charge in [-0.05, 0) is 28.8 Å². The molecule has 0 aliphatic rings. The molecular weight excluding hydrogens is 220 g/mol. The molecule has 0 saturated carbocycles. The van der Waals surface area contributed by atoms with Gasteiger partial charge < -0.3 is 5.73 Å². The van der Waals surface area contributed by atoms with E-state index in [1.165, 1.54) is 0 Å². The van der Waals surface area contributed by atoms with Crippen LogP contribution in [0.5, 0.6) is 0 Å². The van der Waals surface area contributed by atoms with E-state index in [2.05, 4.69) is 0 Å². The Bertz CT molecular complexity index is 523. The quantitative estimate of drug-likeness (QED) is 0.866. The van der Waals surface area contributed by atoms with Gasteiger partial charge in [0.25, 0.3) is 0 Å². The molecule has 2 N–H and O–H groups in total. The van der Waals surface area contributed by atoms with Crippen LogP contribution in [0.1, 0.15) is 17.0 Å². The summed E-state index contributed by atoms with van der Waals surface area (Å²) >= 11 is 0. The van der Waals surface area contributed by atoms with Crippen molar-refractivity contribution in [2.24, 2.45) is 5.73 Å². The second-order valence-corrected chi connectivity index (χ2v) is 4.19. The van der Waals surface area contributed by atoms with Gasteiger partial charge in [0.05, 0.1) is 5.92 Å². The second kappa shape index (κ2) is 4.80. The first-order chi connectivity index (χ1) is 8.15. The third-order valence-corrected chi connectivity index (χ3v) is 3.13. The Kier molecular flexibility index (Phi) is 3.38. The second-order valence-electron chi connectivity index (χ2n) is 4.19. The Hall–Kier alpha value is -1.48. The molecule has 0 heterocycles. The smallest absolute Gasteiger partial charge is 0.246 e. The lowest BCUT2D eigenvalue weighted by Gasteiger charge is -2.17. The summed E-state index contributed by atoms with van der Waals surface area (Å²) in [6.07, 6.45) is -2.42. The van der Waals surface area contributed by atoms with E-state index < -0.39 is 12.3 Å². The molecule has 1 unspecified atom stereocenters. The standard InChI is InChI=1S/C14H15F2N/c1-9-6-7-12(13(8-17)14(15)16)11-5-3-2-4-10(9)11/h2-7,13-14H,8,17H2,1H3. The summed E-state index contributed by atoms with van der Waals surface area (Å²) in [5.74, 6) is -0.888. The van der Waals surface area contributed by atoms with Gasteiger partial charge in [0.2, 0.25) is 6.43 Å². The first kappa shape index (κ1) is 12.0. The van der Waals surface area contributed by atoms with E-state index in [0.717, 1.165) is 16.3 Å². The molecule has 1 atom stereocenters. The first-order valence-corrected chi connectivity index (χ1v) is 5.61. The van der Waals surface area contributed by atoms with Crippen LogP contribution in [-0.2, 0) is 0 Å². The van der Waals surface area contributed by atoms with Gasteiger partial charge >= 0.3 is 0 Å². The predicted octanol–water partition coefficient (Wildman–Crippen LogP) is 3.46. The van der Waals surface area contributed by atoms with Gasteiger partial charge in [-0.2, -0.15) is 0 Å². The van der Waals surface area contributed by atoms with Crippen LogP contribution < -0.4 is 5.73 Å². The Morgan fingerprint density at radius 1 is 1.06 bits per heavy atom. The monoisotopic (exact) mass is 235 g/mol. The molecule has 0 aliphatic heterocycles. The zero-order chi connectivity index (χ0) is 12.4. The Labute approximate surface area is 99.2 Å². The Morgan fingerprint density at radius 2 is 1.71 bits per heavy atom. The molecule has 0 amide bonds. The van der Waals surface area contributed by atoms with E-state index in [0.29, 0.717) is 5.56 Å². The van der Waals surface area contributed by atoms with E-state index >= 15 is 0 Å². The van der Waals surface area contributed by atoms with Crippen molar-refractivity contribution in [1.82, 2.24) is 0 Å². The fraction of sp³-hybridized carbons (Fsp3) is 0.286. The fourth-order valence-electron chi connectivity index (χ4n) is 2.16. The maximum Gasteiger partial charge on any atom is 0.246 e. The van der Waals surface area contributed by atoms with Crippen molar-refractivity contribution in [3.8, 4) is 0 Å². The topological polar surface area (TPSA) is 26.0 Å². The average molecular weight is 235 g/mol. The maximum absolute atomic E-state index is 12.9. The molecule has 17 heavy (non-hydrogen) atoms. The lowest BCUT2D eigenvalue weighted by molar-refractivity contribution is 0.117. The number of halogens is 2. The largest absolute Gasteiger partial charge is 0.330 e. The average Bonchev–Trinajstić information content (AvgIpc) is 2.33. The molecular formula is C14H15F2N. The number of benzene rings is 2. The van der Waals surface area contributed by atoms with Crippen LogP contribution in [0, 0.1) is 6.92 Å². The highest BCUT2D eigenvalue weighted by Crippen LogP contribution is 2.30. The van der Waals surface area contributed by atoms with E-state index in [9.17, 15) is 8.78 Å². The summed E-state index contributed by atoms with van der Waals surface area (Å²) in [4.78, 5) is 0. The zero-order valence-corrected chi connectivity index (χ0v) is 9.66. The van der Waals surface area contributed by atoms with E-state index in [1.807, 2.05) is 37.3 Å². The van der Waals surface area contributed by atoms with Crippen LogP contribution in [-0.4, -0.2) is 13.0 Å². The zero-order valence-electron chi connectivity index (χ0n) is 9.66. The highest BCUT2D eigenvalue weighted by atomic mass is 19.3. The molecule has 0 radical (unpaired) electrons. The first-order valence-electron chi connectivity index (χ1n) is 5.61. The third-order valence-electron chi connectivity index (χ3n) is 3.13. The molecule has 90 valence electrons. The molecule has 1 nitrogen and oxygen atoms in total. The van der Waals surface area contributed by atoms with Crippen LogP contribution in [0.3, 0.4) is 0 Å². The van der Waals surface area contributed by atoms with E-state index in [1.54, 1.807) is 6.07 Å². The van der Waals surface area contributed by atoms with Crippen molar-refractivity contribution in [3.63, 3.8) is 0 Å². The highest BCUT2D eigenvalue weighted by molar-refractivity contribution is 5.89. The number of hydrogen-bond acceptors (Lipinski definition) is 1. The number of aryl methyl sites for hydroxylation is 1. The van der Waals surface area contributed by atoms with Gasteiger partial charge in [0.1, 0.15) is 0 Å². The van der Waals surface area contributed by atoms with Crippen LogP contribution >= 0.6 is 0 Å². The number of hydrogen-bond donors (Lipinski definition) is 1. The van der Waals surface area contributed by atoms with Crippen molar-refractivity contribution in [1.29, 1.82) is 0 Å². The molecule has 0 fully saturated rings. The van der Waals surface area contributed by atoms with Crippen LogP contribution in [0.15, 0.2) is 36.4 Å². The SMILES string of the molecule is Cc1ccc(C(CN)C(F)F)c2ccccc12. The van der Waals surface area contributed by atoms with Gasteiger partial charge in [-0.25, -0.2) is 8.78 Å². The minimum Gasteiger partial charge on any atom is -0.330 e. The lowest BCUT2D eigenvalue weighted by Crippen LogP contribution is -2.20. The van der Waals surface area contributed by atoms with Gasteiger partial charge in [-0.3, -0.25) is 0 Å². The van der Waals surface area contributed by atoms with Gasteiger partial charge in [-0.1, -0.05) is 36.4 Å². The van der Waals surface area contributed by atoms with Crippen molar-refractivity contribution < 1.29 is 8.78 Å². The molecule has 2 aromatic rings. The van der Waals surface area contributed by atoms with Crippen LogP contribution in [0.2, 0.25) is 0 Å². The maximum atomic E-state index is 12.9. The number of nitrogens with two attached hydrogens (primary N) is 1. The van der Waals surface area contributed by atoms with Crippen molar-refractivity contribution in [3.05, 3.63) is 47.5 Å². The molecule has 0 aliphatic carbocycles. The normalized spacial score (nSPS) is 13.2. The third kappa shape index (κ3) is 2.15. The van der Waals surface area contributed by atoms with E-state index in [4.69, 9.17) is 5.73 Å². The molecule has 0 aromatic heterocycles. The lowest BCUT2D eigenvalue weighted by atomic mass is 9.92. The van der Waals surface area contributed by atoms with Crippen molar-refractivity contribution in [2.45, 2.75) is 19.3 Å². The number of alkyl halides is 2. The van der Waals surface area contributed by atoms with Gasteiger partial charge in [-0.15, -0.1) is 0 Å². The number of fused-ring (bicyclic) bond motifs is 1. The molecule has 2 rings (SSSR count). The van der Waals surface area contributed by atoms with Crippen molar-refractivity contribution in [2.75, 3.05) is 6.54 Å². The minimum absolute atomic E-state index is 0.0370. The summed E-state index contributed by atoms with van der Waals surface area (Å²) in [7, 11) is 0. The molecule has 0 bridgehead atoms. The van der Waals surface area contributed by atoms with Gasteiger partial charge in [0, 0.05) is 6.54 Å². The predicted molar refractivity (Wildman–Crippen MR) is 66.5 cm³/mol. The molecule has 0 spiro atoms. The summed E-state index contributed by atoms with van der Waals surface area (Å²) in [6.45, 7) is 1.94. The number of rotatable bonds is 3. The van der Waals surface area contributed by atoms with Gasteiger partial charge in [0.15, 0.2) is 0 Å². The fourth-order valence-corrected chi connectivity index (χ4v) is 2.16. The summed E-state index contributed by atoms with van der Waals surface area (Å²) in [5.41, 5.74) is 7.19. The van der Waals surface area contributed by atoms with E-state index in [-0.39, 0.29) is 6.54 Å². The van der Waals surface area contributed by atoms with Crippen LogP contribution in [0.4, 0.5) is 8.78 Å². The van der Waals surface area contributed by atoms with Crippen molar-refractivity contribution >= 4 is 10.8 Å². The molecule has 0 saturated heterocycles. The Balaban J connectivity index is 2.66. The highest BCUT2D eigenvalue weighted by Gasteiger charge is 2.22. The summed E-state index contributed by atoms with van der Waals surface area (Å²) in [5, 5.41) is 1.90. The summed E-state index contributed by atoms with van der Waals surface area (Å²) < 4.78 is 25.9. The summed E-state index contributed by atoms with van der Waals surface area (Å²) in [6, 6.07) is 11.3. The van der Waals surface area contributed by atoms with Crippen LogP contribution in [0.25, 0.3) is 10.8 Å².